The second kappa shape index (κ2) is 16.6. The van der Waals surface area contributed by atoms with Crippen LogP contribution in [0.2, 0.25) is 0 Å². The minimum absolute atomic E-state index is 0.144. The van der Waals surface area contributed by atoms with Gasteiger partial charge in [-0.15, -0.1) is 6.58 Å². The van der Waals surface area contributed by atoms with Gasteiger partial charge in [-0.3, -0.25) is 0 Å². The molecule has 0 heterocycles. The fourth-order valence-corrected chi connectivity index (χ4v) is 3.31. The van der Waals surface area contributed by atoms with Gasteiger partial charge in [-0.2, -0.15) is 0 Å². The van der Waals surface area contributed by atoms with Crippen molar-refractivity contribution in [1.82, 2.24) is 10.6 Å². The van der Waals surface area contributed by atoms with E-state index in [1.807, 2.05) is 6.08 Å². The monoisotopic (exact) mass is 438 g/mol. The van der Waals surface area contributed by atoms with Crippen molar-refractivity contribution in [3.05, 3.63) is 24.6 Å². The topological polar surface area (TPSA) is 42.5 Å². The van der Waals surface area contributed by atoms with Crippen LogP contribution in [-0.2, 0) is 9.47 Å². The summed E-state index contributed by atoms with van der Waals surface area (Å²) >= 11 is 0. The lowest BCUT2D eigenvalue weighted by Crippen LogP contribution is -2.35. The van der Waals surface area contributed by atoms with E-state index in [0.29, 0.717) is 18.1 Å². The van der Waals surface area contributed by atoms with E-state index < -0.39 is 0 Å². The smallest absolute Gasteiger partial charge is 0.117 e. The zero-order valence-corrected chi connectivity index (χ0v) is 22.1. The van der Waals surface area contributed by atoms with Gasteiger partial charge in [-0.1, -0.05) is 60.5 Å². The van der Waals surface area contributed by atoms with E-state index in [0.717, 1.165) is 57.2 Å². The molecular weight excluding hydrogens is 384 g/mol. The average Bonchev–Trinajstić information content (AvgIpc) is 2.72. The molecule has 0 amide bonds. The Kier molecular flexibility index (Phi) is 16.1. The maximum Gasteiger partial charge on any atom is 0.117 e. The van der Waals surface area contributed by atoms with Crippen LogP contribution in [-0.4, -0.2) is 32.1 Å². The van der Waals surface area contributed by atoms with E-state index >= 15 is 0 Å². The third-order valence-electron chi connectivity index (χ3n) is 6.76. The molecule has 0 aromatic heterocycles. The maximum atomic E-state index is 6.26. The zero-order valence-electron chi connectivity index (χ0n) is 22.1. The van der Waals surface area contributed by atoms with Crippen molar-refractivity contribution in [2.75, 3.05) is 26.5 Å². The van der Waals surface area contributed by atoms with Crippen LogP contribution < -0.4 is 10.6 Å². The predicted octanol–water partition coefficient (Wildman–Crippen LogP) is 7.03. The van der Waals surface area contributed by atoms with Crippen molar-refractivity contribution in [1.29, 1.82) is 0 Å². The molecule has 0 bridgehead atoms. The molecule has 0 aliphatic carbocycles. The van der Waals surface area contributed by atoms with Gasteiger partial charge in [0.1, 0.15) is 6.73 Å². The molecule has 0 saturated heterocycles. The highest BCUT2D eigenvalue weighted by Crippen LogP contribution is 2.33. The first kappa shape index (κ1) is 30.0. The molecule has 2 N–H and O–H groups in total. The summed E-state index contributed by atoms with van der Waals surface area (Å²) in [7, 11) is 0. The lowest BCUT2D eigenvalue weighted by atomic mass is 9.76. The number of rotatable bonds is 20. The molecule has 0 saturated carbocycles. The largest absolute Gasteiger partial charge is 0.375 e. The van der Waals surface area contributed by atoms with E-state index in [1.165, 1.54) is 19.3 Å². The second-order valence-electron chi connectivity index (χ2n) is 10.4. The molecule has 4 heteroatoms. The van der Waals surface area contributed by atoms with E-state index in [9.17, 15) is 0 Å². The average molecular weight is 439 g/mol. The lowest BCUT2D eigenvalue weighted by Gasteiger charge is -2.33. The Balaban J connectivity index is 4.25. The number of ether oxygens (including phenoxy) is 2. The summed E-state index contributed by atoms with van der Waals surface area (Å²) < 4.78 is 12.0. The Morgan fingerprint density at radius 2 is 1.71 bits per heavy atom. The molecule has 31 heavy (non-hydrogen) atoms. The molecule has 0 aliphatic heterocycles. The van der Waals surface area contributed by atoms with Crippen molar-refractivity contribution < 1.29 is 9.47 Å². The Labute approximate surface area is 194 Å². The summed E-state index contributed by atoms with van der Waals surface area (Å²) in [6.45, 7) is 25.1. The summed E-state index contributed by atoms with van der Waals surface area (Å²) in [5.74, 6) is 2.50. The van der Waals surface area contributed by atoms with Gasteiger partial charge in [-0.05, 0) is 69.3 Å². The first-order valence-electron chi connectivity index (χ1n) is 12.6. The van der Waals surface area contributed by atoms with Crippen LogP contribution in [0.4, 0.5) is 0 Å². The van der Waals surface area contributed by atoms with Crippen molar-refractivity contribution in [3.8, 4) is 0 Å². The third-order valence-corrected chi connectivity index (χ3v) is 6.76. The predicted molar refractivity (Wildman–Crippen MR) is 136 cm³/mol. The number of hydrogen-bond donors (Lipinski definition) is 2. The molecule has 4 nitrogen and oxygen atoms in total. The fraction of sp³-hybridized carbons (Fsp3) is 0.852. The van der Waals surface area contributed by atoms with Crippen molar-refractivity contribution >= 4 is 0 Å². The first-order valence-corrected chi connectivity index (χ1v) is 12.6. The molecule has 0 aliphatic rings. The minimum Gasteiger partial charge on any atom is -0.375 e. The summed E-state index contributed by atoms with van der Waals surface area (Å²) in [6, 6.07) is 0. The van der Waals surface area contributed by atoms with Crippen molar-refractivity contribution in [2.45, 2.75) is 106 Å². The molecular formula is C27H54N2O2. The first-order chi connectivity index (χ1) is 14.6. The van der Waals surface area contributed by atoms with Gasteiger partial charge < -0.3 is 20.1 Å². The highest BCUT2D eigenvalue weighted by atomic mass is 16.5. The second-order valence-corrected chi connectivity index (χ2v) is 10.4. The third kappa shape index (κ3) is 15.4. The summed E-state index contributed by atoms with van der Waals surface area (Å²) in [5, 5.41) is 6.87. The Hall–Kier alpha value is -1.00. The van der Waals surface area contributed by atoms with Crippen LogP contribution in [0.5, 0.6) is 0 Å². The molecule has 184 valence electrons. The Morgan fingerprint density at radius 3 is 2.32 bits per heavy atom. The van der Waals surface area contributed by atoms with Crippen LogP contribution in [0.1, 0.15) is 100 Å². The van der Waals surface area contributed by atoms with Crippen LogP contribution in [0.15, 0.2) is 24.6 Å². The molecule has 0 spiro atoms. The van der Waals surface area contributed by atoms with E-state index in [4.69, 9.17) is 9.47 Å². The Bertz CT molecular complexity index is 486. The van der Waals surface area contributed by atoms with Gasteiger partial charge in [0.2, 0.25) is 0 Å². The number of nitrogens with one attached hydrogen (secondary N) is 2. The molecule has 0 aromatic carbocycles. The quantitative estimate of drug-likeness (QED) is 0.122. The number of allylic oxidation sites excluding steroid dienone is 2. The van der Waals surface area contributed by atoms with E-state index in [2.05, 4.69) is 78.7 Å². The standard InChI is InChI=1S/C27H54N2O2/c1-10-13-16-25(29-22-30-20-14-15-23(4)11-2)28-19-17-27(8,9)31-21-18-26(6,7)24(5)12-3/h10,16,23-24,28-29H,1,11-15,17-22H2,2-9H3/b25-16+. The Morgan fingerprint density at radius 1 is 1.00 bits per heavy atom. The summed E-state index contributed by atoms with van der Waals surface area (Å²) in [5.41, 5.74) is 0.177. The van der Waals surface area contributed by atoms with Gasteiger partial charge in [0.25, 0.3) is 0 Å². The van der Waals surface area contributed by atoms with E-state index in [1.54, 1.807) is 0 Å². The number of hydrogen-bond acceptors (Lipinski definition) is 4. The molecule has 0 fully saturated rings. The molecule has 2 unspecified atom stereocenters. The molecule has 0 radical (unpaired) electrons. The van der Waals surface area contributed by atoms with Gasteiger partial charge >= 0.3 is 0 Å². The minimum atomic E-state index is -0.144. The molecule has 0 rings (SSSR count). The van der Waals surface area contributed by atoms with Gasteiger partial charge in [0.05, 0.1) is 11.4 Å². The summed E-state index contributed by atoms with van der Waals surface area (Å²) in [4.78, 5) is 0. The SMILES string of the molecule is C=CC/C=C(\NCCC(C)(C)OCCC(C)(C)C(C)CC)NCOCCCC(C)CC. The van der Waals surface area contributed by atoms with Crippen LogP contribution in [0.25, 0.3) is 0 Å². The van der Waals surface area contributed by atoms with Crippen LogP contribution in [0.3, 0.4) is 0 Å². The van der Waals surface area contributed by atoms with Crippen LogP contribution in [0, 0.1) is 17.3 Å². The zero-order chi connectivity index (χ0) is 23.8. The van der Waals surface area contributed by atoms with Gasteiger partial charge in [-0.25, -0.2) is 0 Å². The van der Waals surface area contributed by atoms with Crippen LogP contribution >= 0.6 is 0 Å². The maximum absolute atomic E-state index is 6.26. The highest BCUT2D eigenvalue weighted by molar-refractivity contribution is 5.00. The summed E-state index contributed by atoms with van der Waals surface area (Å²) in [6.07, 6.45) is 11.7. The molecule has 2 atom stereocenters. The van der Waals surface area contributed by atoms with E-state index in [-0.39, 0.29) is 5.60 Å². The highest BCUT2D eigenvalue weighted by Gasteiger charge is 2.26. The normalized spacial score (nSPS) is 14.9. The fourth-order valence-electron chi connectivity index (χ4n) is 3.31. The van der Waals surface area contributed by atoms with Crippen molar-refractivity contribution in [3.63, 3.8) is 0 Å². The van der Waals surface area contributed by atoms with Crippen molar-refractivity contribution in [2.24, 2.45) is 17.3 Å². The lowest BCUT2D eigenvalue weighted by molar-refractivity contribution is -0.0381. The van der Waals surface area contributed by atoms with Gasteiger partial charge in [0.15, 0.2) is 0 Å². The van der Waals surface area contributed by atoms with Gasteiger partial charge in [0, 0.05) is 19.8 Å². The molecule has 0 aromatic rings.